The Morgan fingerprint density at radius 3 is 2.89 bits per heavy atom. The van der Waals surface area contributed by atoms with Crippen LogP contribution >= 0.6 is 0 Å². The van der Waals surface area contributed by atoms with E-state index in [4.69, 9.17) is 10.5 Å². The van der Waals surface area contributed by atoms with Crippen LogP contribution in [-0.2, 0) is 6.42 Å². The summed E-state index contributed by atoms with van der Waals surface area (Å²) >= 11 is 0. The molecule has 0 bridgehead atoms. The molecule has 92 valence electrons. The van der Waals surface area contributed by atoms with Crippen LogP contribution < -0.4 is 10.5 Å². The van der Waals surface area contributed by atoms with E-state index in [1.807, 2.05) is 19.1 Å². The van der Waals surface area contributed by atoms with Gasteiger partial charge in [-0.05, 0) is 18.1 Å². The number of benzene rings is 1. The molecule has 1 aliphatic rings. The second-order valence-electron chi connectivity index (χ2n) is 4.58. The molecule has 4 heteroatoms. The topological polar surface area (TPSA) is 61.0 Å². The van der Waals surface area contributed by atoms with E-state index < -0.39 is 0 Å². The fraction of sp³-hybridized carbons (Fsp3) is 0.286. The molecular weight excluding hydrogens is 226 g/mol. The summed E-state index contributed by atoms with van der Waals surface area (Å²) in [7, 11) is 0. The first-order chi connectivity index (χ1) is 8.74. The highest BCUT2D eigenvalue weighted by Crippen LogP contribution is 2.31. The van der Waals surface area contributed by atoms with Crippen LogP contribution in [0.25, 0.3) is 0 Å². The lowest BCUT2D eigenvalue weighted by atomic mass is 10.1. The zero-order valence-electron chi connectivity index (χ0n) is 10.2. The van der Waals surface area contributed by atoms with Crippen molar-refractivity contribution in [2.75, 3.05) is 0 Å². The van der Waals surface area contributed by atoms with Gasteiger partial charge in [0.15, 0.2) is 0 Å². The van der Waals surface area contributed by atoms with Crippen molar-refractivity contribution in [1.29, 1.82) is 0 Å². The Morgan fingerprint density at radius 1 is 1.28 bits per heavy atom. The Labute approximate surface area is 106 Å². The van der Waals surface area contributed by atoms with Gasteiger partial charge >= 0.3 is 0 Å². The van der Waals surface area contributed by atoms with Crippen LogP contribution in [0.5, 0.6) is 5.88 Å². The van der Waals surface area contributed by atoms with E-state index in [2.05, 4.69) is 22.1 Å². The fourth-order valence-corrected chi connectivity index (χ4v) is 2.36. The molecular formula is C14H15N3O. The molecule has 0 aliphatic heterocycles. The SMILES string of the molecule is Cc1cncc(OC2Cc3ccccc3C2N)n1. The van der Waals surface area contributed by atoms with Gasteiger partial charge in [0.2, 0.25) is 5.88 Å². The van der Waals surface area contributed by atoms with Crippen LogP contribution in [0.15, 0.2) is 36.7 Å². The fourth-order valence-electron chi connectivity index (χ4n) is 2.36. The molecule has 1 heterocycles. The van der Waals surface area contributed by atoms with Crippen molar-refractivity contribution in [1.82, 2.24) is 9.97 Å². The van der Waals surface area contributed by atoms with E-state index in [1.165, 1.54) is 11.1 Å². The number of hydrogen-bond donors (Lipinski definition) is 1. The van der Waals surface area contributed by atoms with Gasteiger partial charge in [-0.2, -0.15) is 0 Å². The molecule has 0 saturated heterocycles. The zero-order chi connectivity index (χ0) is 12.5. The van der Waals surface area contributed by atoms with Crippen molar-refractivity contribution in [2.24, 2.45) is 5.73 Å². The third-order valence-corrected chi connectivity index (χ3v) is 3.24. The van der Waals surface area contributed by atoms with Crippen LogP contribution in [0.3, 0.4) is 0 Å². The summed E-state index contributed by atoms with van der Waals surface area (Å²) in [4.78, 5) is 8.37. The summed E-state index contributed by atoms with van der Waals surface area (Å²) < 4.78 is 5.85. The molecule has 2 aromatic rings. The standard InChI is InChI=1S/C14H15N3O/c1-9-7-16-8-13(17-9)18-12-6-10-4-2-3-5-11(10)14(12)15/h2-5,7-8,12,14H,6,15H2,1H3. The summed E-state index contributed by atoms with van der Waals surface area (Å²) in [6.45, 7) is 1.89. The van der Waals surface area contributed by atoms with Gasteiger partial charge in [0, 0.05) is 12.6 Å². The Morgan fingerprint density at radius 2 is 2.11 bits per heavy atom. The minimum Gasteiger partial charge on any atom is -0.471 e. The Balaban J connectivity index is 1.81. The van der Waals surface area contributed by atoms with Crippen LogP contribution in [0, 0.1) is 6.92 Å². The molecule has 0 saturated carbocycles. The zero-order valence-corrected chi connectivity index (χ0v) is 10.2. The molecule has 1 aliphatic carbocycles. The van der Waals surface area contributed by atoms with Crippen molar-refractivity contribution < 1.29 is 4.74 Å². The van der Waals surface area contributed by atoms with E-state index >= 15 is 0 Å². The number of aromatic nitrogens is 2. The molecule has 1 aromatic carbocycles. The smallest absolute Gasteiger partial charge is 0.232 e. The highest BCUT2D eigenvalue weighted by atomic mass is 16.5. The summed E-state index contributed by atoms with van der Waals surface area (Å²) in [5.41, 5.74) is 9.48. The summed E-state index contributed by atoms with van der Waals surface area (Å²) in [6.07, 6.45) is 4.10. The van der Waals surface area contributed by atoms with Gasteiger partial charge in [-0.25, -0.2) is 4.98 Å². The molecule has 4 nitrogen and oxygen atoms in total. The average molecular weight is 241 g/mol. The highest BCUT2D eigenvalue weighted by Gasteiger charge is 2.31. The van der Waals surface area contributed by atoms with E-state index in [-0.39, 0.29) is 12.1 Å². The quantitative estimate of drug-likeness (QED) is 0.870. The summed E-state index contributed by atoms with van der Waals surface area (Å²) in [6, 6.07) is 8.10. The van der Waals surface area contributed by atoms with Crippen molar-refractivity contribution in [2.45, 2.75) is 25.5 Å². The number of rotatable bonds is 2. The third kappa shape index (κ3) is 1.95. The van der Waals surface area contributed by atoms with Crippen LogP contribution in [-0.4, -0.2) is 16.1 Å². The largest absolute Gasteiger partial charge is 0.471 e. The van der Waals surface area contributed by atoms with Gasteiger partial charge in [0.05, 0.1) is 17.9 Å². The second kappa shape index (κ2) is 4.38. The number of hydrogen-bond acceptors (Lipinski definition) is 4. The molecule has 0 radical (unpaired) electrons. The van der Waals surface area contributed by atoms with E-state index in [9.17, 15) is 0 Å². The van der Waals surface area contributed by atoms with Crippen LogP contribution in [0.1, 0.15) is 22.9 Å². The number of aryl methyl sites for hydroxylation is 1. The molecule has 1 aromatic heterocycles. The van der Waals surface area contributed by atoms with Gasteiger partial charge in [-0.15, -0.1) is 0 Å². The first-order valence-corrected chi connectivity index (χ1v) is 6.03. The maximum Gasteiger partial charge on any atom is 0.232 e. The van der Waals surface area contributed by atoms with Gasteiger partial charge in [-0.3, -0.25) is 4.98 Å². The average Bonchev–Trinajstić information content (AvgIpc) is 2.67. The maximum atomic E-state index is 6.20. The molecule has 0 fully saturated rings. The van der Waals surface area contributed by atoms with Gasteiger partial charge < -0.3 is 10.5 Å². The number of nitrogens with zero attached hydrogens (tertiary/aromatic N) is 2. The lowest BCUT2D eigenvalue weighted by molar-refractivity contribution is 0.176. The van der Waals surface area contributed by atoms with Crippen molar-refractivity contribution >= 4 is 0 Å². The van der Waals surface area contributed by atoms with Gasteiger partial charge in [0.25, 0.3) is 0 Å². The monoisotopic (exact) mass is 241 g/mol. The third-order valence-electron chi connectivity index (χ3n) is 3.24. The van der Waals surface area contributed by atoms with Crippen molar-refractivity contribution in [3.05, 3.63) is 53.5 Å². The number of fused-ring (bicyclic) bond motifs is 1. The molecule has 2 N–H and O–H groups in total. The maximum absolute atomic E-state index is 6.20. The second-order valence-corrected chi connectivity index (χ2v) is 4.58. The Hall–Kier alpha value is -1.94. The summed E-state index contributed by atoms with van der Waals surface area (Å²) in [5.74, 6) is 0.545. The number of nitrogens with two attached hydrogens (primary N) is 1. The van der Waals surface area contributed by atoms with E-state index in [0.717, 1.165) is 12.1 Å². The van der Waals surface area contributed by atoms with Crippen LogP contribution in [0.4, 0.5) is 0 Å². The molecule has 3 rings (SSSR count). The van der Waals surface area contributed by atoms with E-state index in [0.29, 0.717) is 5.88 Å². The predicted octanol–water partition coefficient (Wildman–Crippen LogP) is 1.79. The van der Waals surface area contributed by atoms with Gasteiger partial charge in [-0.1, -0.05) is 24.3 Å². The first-order valence-electron chi connectivity index (χ1n) is 6.03. The Kier molecular flexibility index (Phi) is 2.72. The molecule has 2 unspecified atom stereocenters. The lowest BCUT2D eigenvalue weighted by Gasteiger charge is -2.17. The molecule has 2 atom stereocenters. The summed E-state index contributed by atoms with van der Waals surface area (Å²) in [5, 5.41) is 0. The predicted molar refractivity (Wildman–Crippen MR) is 68.3 cm³/mol. The minimum absolute atomic E-state index is 0.0569. The number of ether oxygens (including phenoxy) is 1. The first kappa shape index (κ1) is 11.2. The molecule has 18 heavy (non-hydrogen) atoms. The van der Waals surface area contributed by atoms with Crippen LogP contribution in [0.2, 0.25) is 0 Å². The lowest BCUT2D eigenvalue weighted by Crippen LogP contribution is -2.28. The van der Waals surface area contributed by atoms with E-state index in [1.54, 1.807) is 12.4 Å². The molecule has 0 spiro atoms. The highest BCUT2D eigenvalue weighted by molar-refractivity contribution is 5.36. The van der Waals surface area contributed by atoms with Crippen molar-refractivity contribution in [3.63, 3.8) is 0 Å². The normalized spacial score (nSPS) is 21.7. The Bertz CT molecular complexity index is 570. The van der Waals surface area contributed by atoms with Crippen molar-refractivity contribution in [3.8, 4) is 5.88 Å². The van der Waals surface area contributed by atoms with Gasteiger partial charge in [0.1, 0.15) is 6.10 Å². The molecule has 0 amide bonds. The minimum atomic E-state index is -0.0940.